The number of anilines is 2. The van der Waals surface area contributed by atoms with E-state index >= 15 is 0 Å². The molecule has 0 radical (unpaired) electrons. The van der Waals surface area contributed by atoms with Crippen LogP contribution in [0.3, 0.4) is 0 Å². The van der Waals surface area contributed by atoms with Gasteiger partial charge in [-0.3, -0.25) is 9.69 Å². The lowest BCUT2D eigenvalue weighted by Crippen LogP contribution is -2.53. The normalized spacial score (nSPS) is 18.0. The number of benzene rings is 2. The molecule has 3 rings (SSSR count). The molecule has 1 heterocycles. The lowest BCUT2D eigenvalue weighted by Gasteiger charge is -2.41. The summed E-state index contributed by atoms with van der Waals surface area (Å²) in [5.41, 5.74) is 3.05. The molecule has 1 aliphatic rings. The van der Waals surface area contributed by atoms with Crippen LogP contribution in [0.15, 0.2) is 42.5 Å². The van der Waals surface area contributed by atoms with Crippen molar-refractivity contribution < 1.29 is 4.79 Å². The zero-order valence-corrected chi connectivity index (χ0v) is 16.5. The van der Waals surface area contributed by atoms with Gasteiger partial charge in [-0.05, 0) is 38.1 Å². The lowest BCUT2D eigenvalue weighted by molar-refractivity contribution is -0.117. The molecule has 0 aliphatic carbocycles. The number of carbonyl (C=O) groups excluding carboxylic acids is 1. The van der Waals surface area contributed by atoms with Gasteiger partial charge in [-0.25, -0.2) is 0 Å². The third-order valence-electron chi connectivity index (χ3n) is 4.67. The Morgan fingerprint density at radius 3 is 2.58 bits per heavy atom. The summed E-state index contributed by atoms with van der Waals surface area (Å²) < 4.78 is 0. The fraction of sp³-hybridized carbons (Fsp3) is 0.350. The van der Waals surface area contributed by atoms with Gasteiger partial charge in [0, 0.05) is 31.4 Å². The SMILES string of the molecule is Cc1ccc(N2CCN(CC(=O)Nc3cccc(Cl)c3Cl)CC2C)cc1. The number of rotatable bonds is 4. The summed E-state index contributed by atoms with van der Waals surface area (Å²) in [6, 6.07) is 14.2. The van der Waals surface area contributed by atoms with Crippen LogP contribution in [-0.4, -0.2) is 43.0 Å². The summed E-state index contributed by atoms with van der Waals surface area (Å²) in [6.07, 6.45) is 0. The van der Waals surface area contributed by atoms with Crippen LogP contribution in [0.5, 0.6) is 0 Å². The predicted molar refractivity (Wildman–Crippen MR) is 110 cm³/mol. The average Bonchev–Trinajstić information content (AvgIpc) is 2.60. The minimum atomic E-state index is -0.0786. The molecule has 26 heavy (non-hydrogen) atoms. The second kappa shape index (κ2) is 8.30. The molecule has 1 N–H and O–H groups in total. The first kappa shape index (κ1) is 19.0. The summed E-state index contributed by atoms with van der Waals surface area (Å²) in [7, 11) is 0. The number of nitrogens with one attached hydrogen (secondary N) is 1. The van der Waals surface area contributed by atoms with Gasteiger partial charge in [0.15, 0.2) is 0 Å². The molecule has 1 fully saturated rings. The van der Waals surface area contributed by atoms with E-state index in [1.165, 1.54) is 11.3 Å². The van der Waals surface area contributed by atoms with Crippen LogP contribution in [0.25, 0.3) is 0 Å². The lowest BCUT2D eigenvalue weighted by atomic mass is 10.1. The van der Waals surface area contributed by atoms with Crippen LogP contribution < -0.4 is 10.2 Å². The molecule has 1 amide bonds. The minimum absolute atomic E-state index is 0.0786. The number of nitrogens with zero attached hydrogens (tertiary/aromatic N) is 2. The first-order valence-electron chi connectivity index (χ1n) is 8.73. The van der Waals surface area contributed by atoms with Gasteiger partial charge >= 0.3 is 0 Å². The summed E-state index contributed by atoms with van der Waals surface area (Å²) in [6.45, 7) is 7.21. The summed E-state index contributed by atoms with van der Waals surface area (Å²) >= 11 is 12.1. The Morgan fingerprint density at radius 1 is 1.15 bits per heavy atom. The third kappa shape index (κ3) is 4.50. The van der Waals surface area contributed by atoms with Gasteiger partial charge in [-0.1, -0.05) is 47.0 Å². The second-order valence-corrected chi connectivity index (χ2v) is 7.55. The number of halogens is 2. The number of hydrogen-bond donors (Lipinski definition) is 1. The van der Waals surface area contributed by atoms with Crippen LogP contribution in [0.2, 0.25) is 10.0 Å². The molecule has 1 atom stereocenters. The highest BCUT2D eigenvalue weighted by Crippen LogP contribution is 2.29. The highest BCUT2D eigenvalue weighted by Gasteiger charge is 2.25. The average molecular weight is 392 g/mol. The Kier molecular flexibility index (Phi) is 6.07. The van der Waals surface area contributed by atoms with E-state index in [0.717, 1.165) is 19.6 Å². The van der Waals surface area contributed by atoms with Crippen molar-refractivity contribution in [1.29, 1.82) is 0 Å². The van der Waals surface area contributed by atoms with Gasteiger partial charge in [0.25, 0.3) is 0 Å². The van der Waals surface area contributed by atoms with Crippen LogP contribution in [0.4, 0.5) is 11.4 Å². The molecule has 2 aromatic rings. The molecule has 0 bridgehead atoms. The topological polar surface area (TPSA) is 35.6 Å². The highest BCUT2D eigenvalue weighted by molar-refractivity contribution is 6.44. The van der Waals surface area contributed by atoms with Crippen molar-refractivity contribution in [3.63, 3.8) is 0 Å². The monoisotopic (exact) mass is 391 g/mol. The molecule has 2 aromatic carbocycles. The largest absolute Gasteiger partial charge is 0.366 e. The Morgan fingerprint density at radius 2 is 1.88 bits per heavy atom. The van der Waals surface area contributed by atoms with E-state index in [1.807, 2.05) is 0 Å². The molecule has 0 spiro atoms. The molecule has 0 aromatic heterocycles. The maximum Gasteiger partial charge on any atom is 0.238 e. The smallest absolute Gasteiger partial charge is 0.238 e. The van der Waals surface area contributed by atoms with Gasteiger partial charge in [-0.2, -0.15) is 0 Å². The molecule has 138 valence electrons. The van der Waals surface area contributed by atoms with Crippen molar-refractivity contribution in [2.75, 3.05) is 36.4 Å². The van der Waals surface area contributed by atoms with Crippen molar-refractivity contribution in [1.82, 2.24) is 4.90 Å². The van der Waals surface area contributed by atoms with Crippen LogP contribution >= 0.6 is 23.2 Å². The summed E-state index contributed by atoms with van der Waals surface area (Å²) in [4.78, 5) is 16.9. The van der Waals surface area contributed by atoms with Crippen molar-refractivity contribution in [3.8, 4) is 0 Å². The number of hydrogen-bond acceptors (Lipinski definition) is 3. The van der Waals surface area contributed by atoms with E-state index in [1.54, 1.807) is 18.2 Å². The molecule has 1 saturated heterocycles. The zero-order valence-electron chi connectivity index (χ0n) is 15.0. The number of carbonyl (C=O) groups is 1. The quantitative estimate of drug-likeness (QED) is 0.835. The van der Waals surface area contributed by atoms with Crippen molar-refractivity contribution in [2.24, 2.45) is 0 Å². The van der Waals surface area contributed by atoms with Gasteiger partial charge in [0.1, 0.15) is 0 Å². The van der Waals surface area contributed by atoms with Crippen LogP contribution in [-0.2, 0) is 4.79 Å². The maximum atomic E-state index is 12.4. The summed E-state index contributed by atoms with van der Waals surface area (Å²) in [5, 5.41) is 3.66. The first-order valence-corrected chi connectivity index (χ1v) is 9.49. The second-order valence-electron chi connectivity index (χ2n) is 6.76. The predicted octanol–water partition coefficient (Wildman–Crippen LogP) is 4.45. The van der Waals surface area contributed by atoms with E-state index in [9.17, 15) is 4.79 Å². The number of aryl methyl sites for hydroxylation is 1. The molecule has 6 heteroatoms. The van der Waals surface area contributed by atoms with Gasteiger partial charge in [0.05, 0.1) is 22.3 Å². The number of amides is 1. The van der Waals surface area contributed by atoms with Crippen LogP contribution in [0, 0.1) is 6.92 Å². The zero-order chi connectivity index (χ0) is 18.7. The van der Waals surface area contributed by atoms with Crippen LogP contribution in [0.1, 0.15) is 12.5 Å². The molecular weight excluding hydrogens is 369 g/mol. The molecule has 4 nitrogen and oxygen atoms in total. The maximum absolute atomic E-state index is 12.4. The van der Waals surface area contributed by atoms with Crippen molar-refractivity contribution in [3.05, 3.63) is 58.1 Å². The molecule has 0 saturated carbocycles. The first-order chi connectivity index (χ1) is 12.4. The van der Waals surface area contributed by atoms with Gasteiger partial charge in [-0.15, -0.1) is 0 Å². The third-order valence-corrected chi connectivity index (χ3v) is 5.49. The van der Waals surface area contributed by atoms with Gasteiger partial charge in [0.2, 0.25) is 5.91 Å². The molecule has 1 unspecified atom stereocenters. The summed E-state index contributed by atoms with van der Waals surface area (Å²) in [5.74, 6) is -0.0786. The van der Waals surface area contributed by atoms with E-state index in [4.69, 9.17) is 23.2 Å². The van der Waals surface area contributed by atoms with E-state index in [0.29, 0.717) is 28.3 Å². The standard InChI is InChI=1S/C20H23Cl2N3O/c1-14-6-8-16(9-7-14)25-11-10-24(12-15(25)2)13-19(26)23-18-5-3-4-17(21)20(18)22/h3-9,15H,10-13H2,1-2H3,(H,23,26). The van der Waals surface area contributed by atoms with Crippen molar-refractivity contribution >= 4 is 40.5 Å². The van der Waals surface area contributed by atoms with Gasteiger partial charge < -0.3 is 10.2 Å². The fourth-order valence-corrected chi connectivity index (χ4v) is 3.64. The minimum Gasteiger partial charge on any atom is -0.366 e. The highest BCUT2D eigenvalue weighted by atomic mass is 35.5. The Balaban J connectivity index is 1.56. The number of piperazine rings is 1. The van der Waals surface area contributed by atoms with E-state index in [2.05, 4.69) is 53.2 Å². The Labute approximate surface area is 164 Å². The Hall–Kier alpha value is -1.75. The fourth-order valence-electron chi connectivity index (χ4n) is 3.29. The molecule has 1 aliphatic heterocycles. The van der Waals surface area contributed by atoms with E-state index < -0.39 is 0 Å². The van der Waals surface area contributed by atoms with Crippen molar-refractivity contribution in [2.45, 2.75) is 19.9 Å². The molecular formula is C20H23Cl2N3O. The Bertz CT molecular complexity index is 779. The van der Waals surface area contributed by atoms with E-state index in [-0.39, 0.29) is 5.91 Å².